The first-order valence-corrected chi connectivity index (χ1v) is 6.97. The summed E-state index contributed by atoms with van der Waals surface area (Å²) < 4.78 is 77.1. The SMILES string of the molecule is NC(=O)Oc1ccccc1[N+](=O)[O-].Nc1cc(C(F)(F)F)cc(C(F)(F)F)c1. The zero-order valence-corrected chi connectivity index (χ0v) is 13.5. The third kappa shape index (κ3) is 6.66. The molecular weight excluding hydrogens is 400 g/mol. The average molecular weight is 411 g/mol. The van der Waals surface area contributed by atoms with Crippen molar-refractivity contribution < 1.29 is 40.8 Å². The first-order chi connectivity index (χ1) is 12.7. The summed E-state index contributed by atoms with van der Waals surface area (Å²) in [6.07, 6.45) is -10.8. The monoisotopic (exact) mass is 411 g/mol. The number of benzene rings is 2. The maximum atomic E-state index is 12.1. The van der Waals surface area contributed by atoms with Gasteiger partial charge < -0.3 is 16.2 Å². The van der Waals surface area contributed by atoms with E-state index in [0.717, 1.165) is 0 Å². The fourth-order valence-corrected chi connectivity index (χ4v) is 1.78. The van der Waals surface area contributed by atoms with Crippen molar-refractivity contribution in [2.45, 2.75) is 12.4 Å². The van der Waals surface area contributed by atoms with Crippen molar-refractivity contribution in [3.8, 4) is 5.75 Å². The molecule has 0 aliphatic rings. The first-order valence-electron chi connectivity index (χ1n) is 6.97. The predicted octanol–water partition coefficient (Wildman–Crippen LogP) is 4.36. The Balaban J connectivity index is 0.000000283. The van der Waals surface area contributed by atoms with Crippen LogP contribution in [0.3, 0.4) is 0 Å². The molecule has 13 heteroatoms. The highest BCUT2D eigenvalue weighted by molar-refractivity contribution is 5.69. The molecule has 0 aromatic heterocycles. The number of carbonyl (C=O) groups is 1. The van der Waals surface area contributed by atoms with Gasteiger partial charge >= 0.3 is 24.1 Å². The van der Waals surface area contributed by atoms with E-state index in [4.69, 9.17) is 11.5 Å². The number of ether oxygens (including phenoxy) is 1. The Hall–Kier alpha value is -3.51. The van der Waals surface area contributed by atoms with Gasteiger partial charge in [-0.3, -0.25) is 10.1 Å². The molecule has 0 aliphatic carbocycles. The average Bonchev–Trinajstić information content (AvgIpc) is 2.53. The number of carbonyl (C=O) groups excluding carboxylic acids is 1. The minimum absolute atomic E-state index is 0.0242. The van der Waals surface area contributed by atoms with E-state index in [1.807, 2.05) is 0 Å². The lowest BCUT2D eigenvalue weighted by Gasteiger charge is -2.12. The summed E-state index contributed by atoms with van der Waals surface area (Å²) in [5, 5.41) is 10.4. The van der Waals surface area contributed by atoms with Gasteiger partial charge in [-0.05, 0) is 24.3 Å². The summed E-state index contributed by atoms with van der Waals surface area (Å²) in [7, 11) is 0. The summed E-state index contributed by atoms with van der Waals surface area (Å²) >= 11 is 0. The molecule has 28 heavy (non-hydrogen) atoms. The van der Waals surface area contributed by atoms with E-state index >= 15 is 0 Å². The van der Waals surface area contributed by atoms with Gasteiger partial charge in [0.1, 0.15) is 0 Å². The number of alkyl halides is 6. The van der Waals surface area contributed by atoms with Gasteiger partial charge in [-0.1, -0.05) is 12.1 Å². The fourth-order valence-electron chi connectivity index (χ4n) is 1.78. The van der Waals surface area contributed by atoms with Crippen molar-refractivity contribution in [2.24, 2.45) is 5.73 Å². The largest absolute Gasteiger partial charge is 0.416 e. The van der Waals surface area contributed by atoms with Crippen LogP contribution in [0.4, 0.5) is 42.5 Å². The van der Waals surface area contributed by atoms with Gasteiger partial charge in [0.2, 0.25) is 5.75 Å². The predicted molar refractivity (Wildman–Crippen MR) is 84.2 cm³/mol. The van der Waals surface area contributed by atoms with Gasteiger partial charge in [0.15, 0.2) is 0 Å². The van der Waals surface area contributed by atoms with Gasteiger partial charge in [0, 0.05) is 11.8 Å². The molecule has 0 aliphatic heterocycles. The van der Waals surface area contributed by atoms with Crippen molar-refractivity contribution in [2.75, 3.05) is 5.73 Å². The molecule has 0 heterocycles. The van der Waals surface area contributed by atoms with Crippen LogP contribution >= 0.6 is 0 Å². The third-order valence-corrected chi connectivity index (χ3v) is 2.88. The fraction of sp³-hybridized carbons (Fsp3) is 0.133. The number of para-hydroxylation sites is 2. The van der Waals surface area contributed by atoms with Crippen LogP contribution in [0, 0.1) is 10.1 Å². The van der Waals surface area contributed by atoms with E-state index in [0.29, 0.717) is 12.1 Å². The van der Waals surface area contributed by atoms with E-state index in [1.54, 1.807) is 0 Å². The van der Waals surface area contributed by atoms with Crippen molar-refractivity contribution in [1.29, 1.82) is 0 Å². The van der Waals surface area contributed by atoms with Crippen molar-refractivity contribution in [3.05, 3.63) is 63.7 Å². The minimum Gasteiger partial charge on any atom is -0.403 e. The molecular formula is C15H11F6N3O4. The molecule has 2 aromatic rings. The molecule has 0 saturated carbocycles. The van der Waals surface area contributed by atoms with Crippen LogP contribution in [-0.2, 0) is 12.4 Å². The lowest BCUT2D eigenvalue weighted by atomic mass is 10.1. The number of primary amides is 1. The van der Waals surface area contributed by atoms with Gasteiger partial charge in [-0.25, -0.2) is 4.79 Å². The highest BCUT2D eigenvalue weighted by Crippen LogP contribution is 2.36. The maximum absolute atomic E-state index is 12.1. The maximum Gasteiger partial charge on any atom is 0.416 e. The number of halogens is 6. The molecule has 0 radical (unpaired) electrons. The Labute approximate surface area is 152 Å². The molecule has 152 valence electrons. The molecule has 0 spiro atoms. The van der Waals surface area contributed by atoms with Gasteiger partial charge in [0.25, 0.3) is 0 Å². The van der Waals surface area contributed by atoms with E-state index in [1.165, 1.54) is 24.3 Å². The minimum atomic E-state index is -4.84. The molecule has 0 bridgehead atoms. The molecule has 1 amide bonds. The van der Waals surface area contributed by atoms with Crippen LogP contribution in [0.15, 0.2) is 42.5 Å². The van der Waals surface area contributed by atoms with E-state index in [9.17, 15) is 41.3 Å². The van der Waals surface area contributed by atoms with E-state index in [-0.39, 0.29) is 17.5 Å². The Bertz CT molecular complexity index is 835. The molecule has 0 atom stereocenters. The number of amides is 1. The zero-order valence-electron chi connectivity index (χ0n) is 13.5. The quantitative estimate of drug-likeness (QED) is 0.329. The molecule has 0 fully saturated rings. The number of nitro groups is 1. The number of rotatable bonds is 2. The van der Waals surface area contributed by atoms with Gasteiger partial charge in [-0.15, -0.1) is 0 Å². The van der Waals surface area contributed by atoms with E-state index in [2.05, 4.69) is 4.74 Å². The van der Waals surface area contributed by atoms with Crippen LogP contribution in [0.5, 0.6) is 5.75 Å². The molecule has 2 rings (SSSR count). The summed E-state index contributed by atoms with van der Waals surface area (Å²) in [5.74, 6) is -0.153. The van der Waals surface area contributed by atoms with Crippen molar-refractivity contribution in [1.82, 2.24) is 0 Å². The lowest BCUT2D eigenvalue weighted by Crippen LogP contribution is -2.16. The normalized spacial score (nSPS) is 11.2. The smallest absolute Gasteiger partial charge is 0.403 e. The standard InChI is InChI=1S/C8H5F6N.C7H6N2O4/c9-7(10,11)4-1-5(8(12,13)14)3-6(15)2-4;8-7(10)13-6-4-2-1-3-5(6)9(11)12/h1-3H,15H2;1-4H,(H2,8,10). The number of hydrogen-bond donors (Lipinski definition) is 2. The summed E-state index contributed by atoms with van der Waals surface area (Å²) in [6, 6.07) is 6.42. The topological polar surface area (TPSA) is 121 Å². The summed E-state index contributed by atoms with van der Waals surface area (Å²) in [6.45, 7) is 0. The Morgan fingerprint density at radius 1 is 0.964 bits per heavy atom. The second-order valence-corrected chi connectivity index (χ2v) is 4.99. The molecule has 0 unspecified atom stereocenters. The summed E-state index contributed by atoms with van der Waals surface area (Å²) in [5.41, 5.74) is 5.98. The number of nitrogens with two attached hydrogens (primary N) is 2. The van der Waals surface area contributed by atoms with Crippen molar-refractivity contribution >= 4 is 17.5 Å². The number of nitrogen functional groups attached to an aromatic ring is 1. The van der Waals surface area contributed by atoms with Gasteiger partial charge in [0.05, 0.1) is 16.1 Å². The van der Waals surface area contributed by atoms with E-state index < -0.39 is 40.2 Å². The van der Waals surface area contributed by atoms with Crippen LogP contribution in [0.1, 0.15) is 11.1 Å². The van der Waals surface area contributed by atoms with Crippen LogP contribution < -0.4 is 16.2 Å². The second-order valence-electron chi connectivity index (χ2n) is 4.99. The number of nitro benzene ring substituents is 1. The Kier molecular flexibility index (Phi) is 6.80. The Morgan fingerprint density at radius 3 is 1.82 bits per heavy atom. The Morgan fingerprint density at radius 2 is 1.43 bits per heavy atom. The lowest BCUT2D eigenvalue weighted by molar-refractivity contribution is -0.385. The highest BCUT2D eigenvalue weighted by Gasteiger charge is 2.36. The second kappa shape index (κ2) is 8.45. The van der Waals surface area contributed by atoms with Gasteiger partial charge in [-0.2, -0.15) is 26.3 Å². The highest BCUT2D eigenvalue weighted by atomic mass is 19.4. The van der Waals surface area contributed by atoms with Crippen LogP contribution in [-0.4, -0.2) is 11.0 Å². The number of nitrogens with zero attached hydrogens (tertiary/aromatic N) is 1. The third-order valence-electron chi connectivity index (χ3n) is 2.88. The summed E-state index contributed by atoms with van der Waals surface area (Å²) in [4.78, 5) is 20.0. The zero-order chi connectivity index (χ0) is 21.7. The molecule has 4 N–H and O–H groups in total. The van der Waals surface area contributed by atoms with Crippen LogP contribution in [0.2, 0.25) is 0 Å². The van der Waals surface area contributed by atoms with Crippen molar-refractivity contribution in [3.63, 3.8) is 0 Å². The number of anilines is 1. The number of hydrogen-bond acceptors (Lipinski definition) is 5. The van der Waals surface area contributed by atoms with Crippen LogP contribution in [0.25, 0.3) is 0 Å². The molecule has 0 saturated heterocycles. The molecule has 2 aromatic carbocycles. The first kappa shape index (κ1) is 22.5. The molecule has 7 nitrogen and oxygen atoms in total.